The van der Waals surface area contributed by atoms with Crippen LogP contribution in [0.25, 0.3) is 0 Å². The molecule has 22 heavy (non-hydrogen) atoms. The number of aliphatic hydroxyl groups excluding tert-OH is 1. The van der Waals surface area contributed by atoms with Gasteiger partial charge in [0, 0.05) is 17.8 Å². The van der Waals surface area contributed by atoms with Gasteiger partial charge in [-0.1, -0.05) is 26.0 Å². The summed E-state index contributed by atoms with van der Waals surface area (Å²) in [5, 5.41) is 17.3. The van der Waals surface area contributed by atoms with Gasteiger partial charge in [0.25, 0.3) is 0 Å². The highest BCUT2D eigenvalue weighted by molar-refractivity contribution is 5.87. The van der Waals surface area contributed by atoms with Crippen LogP contribution in [0.2, 0.25) is 0 Å². The van der Waals surface area contributed by atoms with Gasteiger partial charge in [-0.2, -0.15) is 0 Å². The van der Waals surface area contributed by atoms with Crippen molar-refractivity contribution in [1.82, 2.24) is 0 Å². The number of aliphatic hydroxyl groups is 1. The number of carbonyl (C=O) groups excluding carboxylic acids is 1. The van der Waals surface area contributed by atoms with Crippen LogP contribution in [0.5, 0.6) is 0 Å². The summed E-state index contributed by atoms with van der Waals surface area (Å²) in [5.41, 5.74) is 0.704. The molecular weight excluding hydrogens is 284 g/mol. The van der Waals surface area contributed by atoms with Gasteiger partial charge in [0.1, 0.15) is 0 Å². The fourth-order valence-corrected chi connectivity index (χ4v) is 1.90. The van der Waals surface area contributed by atoms with Crippen molar-refractivity contribution in [3.05, 3.63) is 24.3 Å². The minimum absolute atomic E-state index is 0.211. The van der Waals surface area contributed by atoms with Crippen LogP contribution in [-0.4, -0.2) is 35.4 Å². The summed E-state index contributed by atoms with van der Waals surface area (Å²) in [6.45, 7) is 7.74. The number of carboxylic acid groups (broad SMARTS) is 1. The molecule has 0 radical (unpaired) electrons. The summed E-state index contributed by atoms with van der Waals surface area (Å²) in [5.74, 6) is -1.31. The van der Waals surface area contributed by atoms with Crippen LogP contribution in [0.3, 0.4) is 0 Å². The van der Waals surface area contributed by atoms with Crippen molar-refractivity contribution in [3.63, 3.8) is 0 Å². The average molecular weight is 312 g/mol. The lowest BCUT2D eigenvalue weighted by Crippen LogP contribution is -2.08. The van der Waals surface area contributed by atoms with Crippen LogP contribution < -0.4 is 0 Å². The first-order valence-corrected chi connectivity index (χ1v) is 7.86. The number of hydrogen-bond acceptors (Lipinski definition) is 4. The van der Waals surface area contributed by atoms with Crippen LogP contribution in [0.15, 0.2) is 24.3 Å². The lowest BCUT2D eigenvalue weighted by molar-refractivity contribution is -0.139. The molecule has 0 unspecified atom stereocenters. The molecule has 5 heteroatoms. The van der Waals surface area contributed by atoms with Crippen LogP contribution >= 0.6 is 0 Å². The normalized spacial score (nSPS) is 10.2. The number of carboxylic acids is 1. The Kier molecular flexibility index (Phi) is 12.1. The third kappa shape index (κ3) is 11.1. The van der Waals surface area contributed by atoms with E-state index in [0.717, 1.165) is 38.5 Å². The van der Waals surface area contributed by atoms with E-state index in [1.54, 1.807) is 0 Å². The summed E-state index contributed by atoms with van der Waals surface area (Å²) in [6.07, 6.45) is 6.94. The van der Waals surface area contributed by atoms with Gasteiger partial charge in [0.05, 0.1) is 6.61 Å². The molecule has 0 aromatic carbocycles. The maximum atomic E-state index is 11.6. The predicted molar refractivity (Wildman–Crippen MR) is 85.5 cm³/mol. The molecule has 0 aromatic heterocycles. The second kappa shape index (κ2) is 13.1. The number of esters is 1. The van der Waals surface area contributed by atoms with E-state index in [0.29, 0.717) is 31.4 Å². The van der Waals surface area contributed by atoms with E-state index in [2.05, 4.69) is 13.2 Å². The zero-order chi connectivity index (χ0) is 16.8. The molecule has 0 aliphatic rings. The Morgan fingerprint density at radius 1 is 0.818 bits per heavy atom. The third-order valence-corrected chi connectivity index (χ3v) is 3.33. The minimum Gasteiger partial charge on any atom is -0.478 e. The number of unbranched alkanes of at least 4 members (excludes halogenated alkanes) is 5. The summed E-state index contributed by atoms with van der Waals surface area (Å²) in [4.78, 5) is 22.2. The topological polar surface area (TPSA) is 83.8 Å². The lowest BCUT2D eigenvalue weighted by atomic mass is 10.1. The van der Waals surface area contributed by atoms with Crippen LogP contribution in [0.4, 0.5) is 0 Å². The molecule has 0 saturated heterocycles. The molecule has 0 heterocycles. The van der Waals surface area contributed by atoms with E-state index in [4.69, 9.17) is 14.9 Å². The molecule has 5 nitrogen and oxygen atoms in total. The maximum Gasteiger partial charge on any atom is 0.333 e. The molecule has 0 aliphatic heterocycles. The Balaban J connectivity index is 3.54. The molecule has 0 saturated carbocycles. The monoisotopic (exact) mass is 312 g/mol. The van der Waals surface area contributed by atoms with E-state index in [1.165, 1.54) is 0 Å². The average Bonchev–Trinajstić information content (AvgIpc) is 2.49. The third-order valence-electron chi connectivity index (χ3n) is 3.33. The largest absolute Gasteiger partial charge is 0.478 e. The summed E-state index contributed by atoms with van der Waals surface area (Å²) in [7, 11) is 0. The van der Waals surface area contributed by atoms with Crippen molar-refractivity contribution < 1.29 is 24.5 Å². The van der Waals surface area contributed by atoms with Crippen molar-refractivity contribution in [2.75, 3.05) is 13.2 Å². The van der Waals surface area contributed by atoms with Gasteiger partial charge in [-0.3, -0.25) is 0 Å². The fraction of sp³-hybridized carbons (Fsp3) is 0.647. The lowest BCUT2D eigenvalue weighted by Gasteiger charge is -2.07. The first-order chi connectivity index (χ1) is 10.5. The van der Waals surface area contributed by atoms with Gasteiger partial charge < -0.3 is 14.9 Å². The smallest absolute Gasteiger partial charge is 0.333 e. The van der Waals surface area contributed by atoms with Gasteiger partial charge in [-0.05, 0) is 44.9 Å². The number of ether oxygens (including phenoxy) is 1. The van der Waals surface area contributed by atoms with Gasteiger partial charge >= 0.3 is 11.9 Å². The molecule has 0 rings (SSSR count). The Labute approximate surface area is 132 Å². The van der Waals surface area contributed by atoms with Crippen LogP contribution in [0, 0.1) is 0 Å². The predicted octanol–water partition coefficient (Wildman–Crippen LogP) is 3.23. The Bertz CT molecular complexity index is 373. The van der Waals surface area contributed by atoms with E-state index in [1.807, 2.05) is 0 Å². The van der Waals surface area contributed by atoms with Crippen molar-refractivity contribution in [3.8, 4) is 0 Å². The molecule has 126 valence electrons. The summed E-state index contributed by atoms with van der Waals surface area (Å²) in [6, 6.07) is 0. The Morgan fingerprint density at radius 2 is 1.36 bits per heavy atom. The van der Waals surface area contributed by atoms with E-state index in [-0.39, 0.29) is 18.1 Å². The molecule has 0 atom stereocenters. The highest BCUT2D eigenvalue weighted by Crippen LogP contribution is 2.11. The highest BCUT2D eigenvalue weighted by atomic mass is 16.5. The van der Waals surface area contributed by atoms with Gasteiger partial charge in [0.15, 0.2) is 0 Å². The molecule has 0 aliphatic carbocycles. The molecule has 0 amide bonds. The number of hydrogen-bond donors (Lipinski definition) is 2. The molecular formula is C17H28O5. The molecule has 0 aromatic rings. The molecule has 0 spiro atoms. The van der Waals surface area contributed by atoms with Crippen molar-refractivity contribution in [1.29, 1.82) is 0 Å². The van der Waals surface area contributed by atoms with E-state index in [9.17, 15) is 9.59 Å². The van der Waals surface area contributed by atoms with E-state index < -0.39 is 5.97 Å². The van der Waals surface area contributed by atoms with E-state index >= 15 is 0 Å². The first kappa shape index (κ1) is 20.4. The standard InChI is InChI=1S/C17H28O5/c1-14(16(19)20)10-7-5-9-13-22-17(21)15(2)11-6-3-4-8-12-18/h18H,1-13H2,(H,19,20). The van der Waals surface area contributed by atoms with Gasteiger partial charge in [-0.15, -0.1) is 0 Å². The number of carbonyl (C=O) groups is 2. The summed E-state index contributed by atoms with van der Waals surface area (Å²) < 4.78 is 5.12. The maximum absolute atomic E-state index is 11.6. The molecule has 0 fully saturated rings. The van der Waals surface area contributed by atoms with Crippen molar-refractivity contribution in [2.45, 2.75) is 57.8 Å². The summed E-state index contributed by atoms with van der Waals surface area (Å²) >= 11 is 0. The highest BCUT2D eigenvalue weighted by Gasteiger charge is 2.08. The minimum atomic E-state index is -0.957. The zero-order valence-corrected chi connectivity index (χ0v) is 13.3. The Hall–Kier alpha value is -1.62. The first-order valence-electron chi connectivity index (χ1n) is 7.86. The number of aliphatic carboxylic acids is 1. The zero-order valence-electron chi connectivity index (χ0n) is 13.3. The second-order valence-corrected chi connectivity index (χ2v) is 5.35. The Morgan fingerprint density at radius 3 is 1.95 bits per heavy atom. The van der Waals surface area contributed by atoms with Crippen LogP contribution in [-0.2, 0) is 14.3 Å². The molecule has 0 bridgehead atoms. The van der Waals surface area contributed by atoms with Gasteiger partial charge in [0.2, 0.25) is 0 Å². The van der Waals surface area contributed by atoms with Crippen LogP contribution in [0.1, 0.15) is 57.8 Å². The fourth-order valence-electron chi connectivity index (χ4n) is 1.90. The molecule has 2 N–H and O–H groups in total. The SMILES string of the molecule is C=C(CCCCCOC(=O)C(=C)CCCCCCO)C(=O)O. The second-order valence-electron chi connectivity index (χ2n) is 5.35. The number of rotatable bonds is 14. The van der Waals surface area contributed by atoms with Crippen molar-refractivity contribution in [2.24, 2.45) is 0 Å². The quantitative estimate of drug-likeness (QED) is 0.292. The van der Waals surface area contributed by atoms with Crippen molar-refractivity contribution >= 4 is 11.9 Å². The van der Waals surface area contributed by atoms with Gasteiger partial charge in [-0.25, -0.2) is 9.59 Å².